The van der Waals surface area contributed by atoms with Gasteiger partial charge in [0.2, 0.25) is 0 Å². The van der Waals surface area contributed by atoms with Gasteiger partial charge in [-0.05, 0) is 25.5 Å². The normalized spacial score (nSPS) is 12.9. The molecule has 0 bridgehead atoms. The molecule has 0 fully saturated rings. The Hall–Kier alpha value is -1.66. The summed E-state index contributed by atoms with van der Waals surface area (Å²) >= 11 is 0. The Balaban J connectivity index is 2.40. The predicted molar refractivity (Wildman–Crippen MR) is 69.7 cm³/mol. The Bertz CT molecular complexity index is 512. The van der Waals surface area contributed by atoms with Crippen LogP contribution in [0, 0.1) is 0 Å². The van der Waals surface area contributed by atoms with Crippen LogP contribution in [0.5, 0.6) is 0 Å². The number of hydrogen-bond acceptors (Lipinski definition) is 4. The van der Waals surface area contributed by atoms with Gasteiger partial charge in [0, 0.05) is 19.8 Å². The summed E-state index contributed by atoms with van der Waals surface area (Å²) in [6.07, 6.45) is 2.83. The highest BCUT2D eigenvalue weighted by molar-refractivity contribution is 5.23. The van der Waals surface area contributed by atoms with E-state index in [-0.39, 0.29) is 6.04 Å². The van der Waals surface area contributed by atoms with Crippen LogP contribution < -0.4 is 11.3 Å². The van der Waals surface area contributed by atoms with Gasteiger partial charge in [-0.3, -0.25) is 15.2 Å². The molecule has 3 N–H and O–H groups in total. The topological polar surface area (TPSA) is 73.7 Å². The molecule has 0 aromatic carbocycles. The number of rotatable bonds is 5. The molecule has 98 valence electrons. The summed E-state index contributed by atoms with van der Waals surface area (Å²) < 4.78 is 3.74. The number of aromatic nitrogens is 4. The summed E-state index contributed by atoms with van der Waals surface area (Å²) in [5, 5.41) is 8.94. The molecule has 0 radical (unpaired) electrons. The van der Waals surface area contributed by atoms with Crippen molar-refractivity contribution in [3.05, 3.63) is 35.4 Å². The zero-order chi connectivity index (χ0) is 13.1. The van der Waals surface area contributed by atoms with E-state index in [4.69, 9.17) is 5.84 Å². The van der Waals surface area contributed by atoms with Gasteiger partial charge in [0.05, 0.1) is 17.1 Å². The number of nitrogens with one attached hydrogen (secondary N) is 1. The van der Waals surface area contributed by atoms with E-state index in [1.165, 1.54) is 0 Å². The van der Waals surface area contributed by atoms with Crippen LogP contribution in [0.25, 0.3) is 0 Å². The lowest BCUT2D eigenvalue weighted by Gasteiger charge is -2.14. The molecule has 2 aromatic rings. The molecule has 2 heterocycles. The van der Waals surface area contributed by atoms with Crippen molar-refractivity contribution in [1.29, 1.82) is 0 Å². The van der Waals surface area contributed by atoms with E-state index in [1.807, 2.05) is 24.0 Å². The lowest BCUT2D eigenvalue weighted by atomic mass is 10.1. The van der Waals surface area contributed by atoms with Crippen molar-refractivity contribution in [3.63, 3.8) is 0 Å². The average molecular weight is 248 g/mol. The van der Waals surface area contributed by atoms with Gasteiger partial charge in [0.1, 0.15) is 6.04 Å². The second-order valence-corrected chi connectivity index (χ2v) is 4.24. The molecule has 0 amide bonds. The standard InChI is InChI=1S/C12H20N6/c1-4-9-8-11(18(5-2)15-9)12(14-13)10-6-7-17(3)16-10/h6-8,12,14H,4-5,13H2,1-3H3. The van der Waals surface area contributed by atoms with Gasteiger partial charge in [-0.1, -0.05) is 6.92 Å². The third-order valence-corrected chi connectivity index (χ3v) is 3.02. The first kappa shape index (κ1) is 12.8. The fraction of sp³-hybridized carbons (Fsp3) is 0.500. The van der Waals surface area contributed by atoms with Crippen LogP contribution in [-0.4, -0.2) is 19.6 Å². The van der Waals surface area contributed by atoms with E-state index in [1.54, 1.807) is 4.68 Å². The first-order valence-electron chi connectivity index (χ1n) is 6.21. The minimum atomic E-state index is -0.126. The number of hydrogen-bond donors (Lipinski definition) is 2. The summed E-state index contributed by atoms with van der Waals surface area (Å²) in [6, 6.07) is 3.92. The summed E-state index contributed by atoms with van der Waals surface area (Å²) in [6.45, 7) is 4.99. The number of nitrogens with two attached hydrogens (primary N) is 1. The summed E-state index contributed by atoms with van der Waals surface area (Å²) in [5.74, 6) is 5.68. The van der Waals surface area contributed by atoms with Crippen LogP contribution in [0.4, 0.5) is 0 Å². The van der Waals surface area contributed by atoms with Gasteiger partial charge in [0.25, 0.3) is 0 Å². The maximum absolute atomic E-state index is 5.68. The predicted octanol–water partition coefficient (Wildman–Crippen LogP) is 0.752. The Labute approximate surface area is 107 Å². The van der Waals surface area contributed by atoms with Crippen molar-refractivity contribution in [2.75, 3.05) is 0 Å². The molecule has 6 heteroatoms. The molecule has 0 saturated carbocycles. The van der Waals surface area contributed by atoms with Crippen LogP contribution in [0.1, 0.15) is 37.0 Å². The van der Waals surface area contributed by atoms with Gasteiger partial charge >= 0.3 is 0 Å². The molecule has 2 rings (SSSR count). The van der Waals surface area contributed by atoms with Crippen LogP contribution in [0.3, 0.4) is 0 Å². The van der Waals surface area contributed by atoms with Gasteiger partial charge in [-0.2, -0.15) is 10.2 Å². The summed E-state index contributed by atoms with van der Waals surface area (Å²) in [5.41, 5.74) is 5.85. The molecule has 18 heavy (non-hydrogen) atoms. The third kappa shape index (κ3) is 2.30. The molecule has 6 nitrogen and oxygen atoms in total. The minimum absolute atomic E-state index is 0.126. The van der Waals surface area contributed by atoms with Crippen molar-refractivity contribution in [3.8, 4) is 0 Å². The molecule has 0 aliphatic heterocycles. The zero-order valence-corrected chi connectivity index (χ0v) is 11.1. The molecule has 0 aliphatic rings. The molecule has 0 aliphatic carbocycles. The smallest absolute Gasteiger partial charge is 0.107 e. The third-order valence-electron chi connectivity index (χ3n) is 3.02. The maximum atomic E-state index is 5.68. The summed E-state index contributed by atoms with van der Waals surface area (Å²) in [7, 11) is 1.89. The van der Waals surface area contributed by atoms with E-state index in [2.05, 4.69) is 35.5 Å². The number of hydrazine groups is 1. The Morgan fingerprint density at radius 1 is 1.39 bits per heavy atom. The van der Waals surface area contributed by atoms with E-state index < -0.39 is 0 Å². The van der Waals surface area contributed by atoms with Crippen LogP contribution in [-0.2, 0) is 20.0 Å². The van der Waals surface area contributed by atoms with Gasteiger partial charge in [-0.15, -0.1) is 0 Å². The second-order valence-electron chi connectivity index (χ2n) is 4.24. The Morgan fingerprint density at radius 2 is 2.17 bits per heavy atom. The lowest BCUT2D eigenvalue weighted by molar-refractivity contribution is 0.528. The molecule has 2 aromatic heterocycles. The first-order chi connectivity index (χ1) is 8.69. The minimum Gasteiger partial charge on any atom is -0.275 e. The molecular weight excluding hydrogens is 228 g/mol. The monoisotopic (exact) mass is 248 g/mol. The van der Waals surface area contributed by atoms with Crippen molar-refractivity contribution in [2.45, 2.75) is 32.9 Å². The molecule has 1 atom stereocenters. The van der Waals surface area contributed by atoms with Crippen molar-refractivity contribution in [1.82, 2.24) is 25.0 Å². The van der Waals surface area contributed by atoms with Crippen molar-refractivity contribution < 1.29 is 0 Å². The highest BCUT2D eigenvalue weighted by Gasteiger charge is 2.20. The fourth-order valence-corrected chi connectivity index (χ4v) is 2.05. The zero-order valence-electron chi connectivity index (χ0n) is 11.1. The first-order valence-corrected chi connectivity index (χ1v) is 6.21. The maximum Gasteiger partial charge on any atom is 0.107 e. The fourth-order valence-electron chi connectivity index (χ4n) is 2.05. The van der Waals surface area contributed by atoms with Crippen LogP contribution in [0.15, 0.2) is 18.3 Å². The van der Waals surface area contributed by atoms with Crippen LogP contribution in [0.2, 0.25) is 0 Å². The second kappa shape index (κ2) is 5.32. The van der Waals surface area contributed by atoms with E-state index in [9.17, 15) is 0 Å². The van der Waals surface area contributed by atoms with E-state index >= 15 is 0 Å². The molecule has 1 unspecified atom stereocenters. The van der Waals surface area contributed by atoms with E-state index in [0.29, 0.717) is 0 Å². The molecule has 0 spiro atoms. The van der Waals surface area contributed by atoms with Crippen molar-refractivity contribution >= 4 is 0 Å². The Morgan fingerprint density at radius 3 is 2.67 bits per heavy atom. The van der Waals surface area contributed by atoms with Crippen molar-refractivity contribution in [2.24, 2.45) is 12.9 Å². The highest BCUT2D eigenvalue weighted by Crippen LogP contribution is 2.21. The summed E-state index contributed by atoms with van der Waals surface area (Å²) in [4.78, 5) is 0. The largest absolute Gasteiger partial charge is 0.275 e. The quantitative estimate of drug-likeness (QED) is 0.605. The Kier molecular flexibility index (Phi) is 3.78. The van der Waals surface area contributed by atoms with Gasteiger partial charge in [-0.25, -0.2) is 5.43 Å². The lowest BCUT2D eigenvalue weighted by Crippen LogP contribution is -2.31. The van der Waals surface area contributed by atoms with Gasteiger partial charge in [0.15, 0.2) is 0 Å². The molecule has 0 saturated heterocycles. The van der Waals surface area contributed by atoms with Gasteiger partial charge < -0.3 is 0 Å². The number of aryl methyl sites for hydroxylation is 3. The van der Waals surface area contributed by atoms with E-state index in [0.717, 1.165) is 30.0 Å². The molecular formula is C12H20N6. The average Bonchev–Trinajstić information content (AvgIpc) is 2.97. The SMILES string of the molecule is CCc1cc(C(NN)c2ccn(C)n2)n(CC)n1. The number of nitrogens with zero attached hydrogens (tertiary/aromatic N) is 4. The highest BCUT2D eigenvalue weighted by atomic mass is 15.3. The van der Waals surface area contributed by atoms with Crippen LogP contribution >= 0.6 is 0 Å².